The van der Waals surface area contributed by atoms with Gasteiger partial charge in [-0.3, -0.25) is 0 Å². The van der Waals surface area contributed by atoms with Gasteiger partial charge in [-0.05, 0) is 16.5 Å². The zero-order chi connectivity index (χ0) is 14.1. The maximum atomic E-state index is 11.4. The van der Waals surface area contributed by atoms with Crippen LogP contribution >= 0.6 is 22.6 Å². The number of alkyl halides is 1. The summed E-state index contributed by atoms with van der Waals surface area (Å²) < 4.78 is 11.1. The summed E-state index contributed by atoms with van der Waals surface area (Å²) in [5.41, 5.74) is 1.92. The van der Waals surface area contributed by atoms with Crippen LogP contribution in [0.3, 0.4) is 0 Å². The smallest absolute Gasteiger partial charge is 0.434 e. The Hall–Kier alpha value is -0.780. The molecule has 1 aromatic carbocycles. The summed E-state index contributed by atoms with van der Waals surface area (Å²) in [6, 6.07) is 8.37. The Kier molecular flexibility index (Phi) is 4.08. The highest BCUT2D eigenvalue weighted by atomic mass is 127. The van der Waals surface area contributed by atoms with Crippen molar-refractivity contribution >= 4 is 28.7 Å². The fraction of sp³-hybridized carbons (Fsp3) is 0.533. The molecule has 0 aromatic heterocycles. The van der Waals surface area contributed by atoms with E-state index in [1.165, 1.54) is 5.56 Å². The van der Waals surface area contributed by atoms with Crippen molar-refractivity contribution in [2.45, 2.75) is 38.2 Å². The first-order valence-corrected chi connectivity index (χ1v) is 7.93. The topological polar surface area (TPSA) is 35.5 Å². The van der Waals surface area contributed by atoms with Crippen LogP contribution in [-0.2, 0) is 20.5 Å². The Morgan fingerprint density at radius 1 is 1.26 bits per heavy atom. The van der Waals surface area contributed by atoms with E-state index in [0.29, 0.717) is 13.0 Å². The van der Waals surface area contributed by atoms with Crippen molar-refractivity contribution in [3.05, 3.63) is 35.4 Å². The summed E-state index contributed by atoms with van der Waals surface area (Å²) >= 11 is 2.27. The third kappa shape index (κ3) is 3.04. The Morgan fingerprint density at radius 2 is 1.89 bits per heavy atom. The minimum atomic E-state index is -0.567. The van der Waals surface area contributed by atoms with E-state index < -0.39 is 11.8 Å². The van der Waals surface area contributed by atoms with Gasteiger partial charge in [-0.25, -0.2) is 4.79 Å². The SMILES string of the molecule is CC(C)(C)c1ccc([C@@]2(CI)CCOC(=O)O2)cc1. The van der Waals surface area contributed by atoms with Crippen LogP contribution < -0.4 is 0 Å². The van der Waals surface area contributed by atoms with Gasteiger partial charge >= 0.3 is 6.16 Å². The molecule has 19 heavy (non-hydrogen) atoms. The Balaban J connectivity index is 2.31. The highest BCUT2D eigenvalue weighted by Crippen LogP contribution is 2.36. The van der Waals surface area contributed by atoms with Crippen LogP contribution in [0.25, 0.3) is 0 Å². The van der Waals surface area contributed by atoms with Gasteiger partial charge in [0.05, 0.1) is 6.61 Å². The molecule has 4 heteroatoms. The van der Waals surface area contributed by atoms with Crippen LogP contribution in [0.2, 0.25) is 0 Å². The van der Waals surface area contributed by atoms with E-state index in [0.717, 1.165) is 9.99 Å². The minimum absolute atomic E-state index is 0.127. The fourth-order valence-corrected chi connectivity index (χ4v) is 3.17. The minimum Gasteiger partial charge on any atom is -0.434 e. The number of carbonyl (C=O) groups is 1. The monoisotopic (exact) mass is 374 g/mol. The number of hydrogen-bond donors (Lipinski definition) is 0. The lowest BCUT2D eigenvalue weighted by Crippen LogP contribution is -2.40. The number of hydrogen-bond acceptors (Lipinski definition) is 3. The van der Waals surface area contributed by atoms with Gasteiger partial charge in [0.1, 0.15) is 0 Å². The molecule has 0 radical (unpaired) electrons. The number of benzene rings is 1. The van der Waals surface area contributed by atoms with Gasteiger partial charge in [-0.15, -0.1) is 0 Å². The third-order valence-corrected chi connectivity index (χ3v) is 4.73. The number of halogens is 1. The fourth-order valence-electron chi connectivity index (χ4n) is 2.19. The van der Waals surface area contributed by atoms with Gasteiger partial charge < -0.3 is 9.47 Å². The summed E-state index contributed by atoms with van der Waals surface area (Å²) in [7, 11) is 0. The van der Waals surface area contributed by atoms with Crippen molar-refractivity contribution in [2.24, 2.45) is 0 Å². The standard InChI is InChI=1S/C15H19IO3/c1-14(2,3)11-4-6-12(7-5-11)15(10-16)8-9-18-13(17)19-15/h4-7H,8-10H2,1-3H3/t15-/m0/s1. The summed E-state index contributed by atoms with van der Waals surface area (Å²) in [6.45, 7) is 6.97. The molecule has 0 unspecified atom stereocenters. The Labute approximate surface area is 127 Å². The van der Waals surface area contributed by atoms with Crippen LogP contribution in [-0.4, -0.2) is 17.2 Å². The second kappa shape index (κ2) is 5.31. The highest BCUT2D eigenvalue weighted by molar-refractivity contribution is 14.1. The van der Waals surface area contributed by atoms with Crippen LogP contribution in [0.4, 0.5) is 4.79 Å². The summed E-state index contributed by atoms with van der Waals surface area (Å²) in [4.78, 5) is 11.4. The quantitative estimate of drug-likeness (QED) is 0.443. The van der Waals surface area contributed by atoms with Crippen molar-refractivity contribution in [3.63, 3.8) is 0 Å². The van der Waals surface area contributed by atoms with Gasteiger partial charge in [0.2, 0.25) is 0 Å². The third-order valence-electron chi connectivity index (χ3n) is 3.50. The van der Waals surface area contributed by atoms with Crippen LogP contribution in [0.5, 0.6) is 0 Å². The molecule has 0 spiro atoms. The zero-order valence-corrected chi connectivity index (χ0v) is 13.7. The molecule has 1 saturated heterocycles. The van der Waals surface area contributed by atoms with Gasteiger partial charge in [0.25, 0.3) is 0 Å². The second-order valence-corrected chi connectivity index (χ2v) is 6.67. The molecular formula is C15H19IO3. The van der Waals surface area contributed by atoms with Crippen molar-refractivity contribution in [1.82, 2.24) is 0 Å². The molecule has 0 saturated carbocycles. The molecule has 104 valence electrons. The first-order valence-electron chi connectivity index (χ1n) is 6.40. The van der Waals surface area contributed by atoms with E-state index in [9.17, 15) is 4.79 Å². The molecule has 2 rings (SSSR count). The first-order chi connectivity index (χ1) is 8.87. The normalized spacial score (nSPS) is 23.7. The van der Waals surface area contributed by atoms with E-state index in [-0.39, 0.29) is 5.41 Å². The van der Waals surface area contributed by atoms with E-state index >= 15 is 0 Å². The molecule has 1 aliphatic rings. The van der Waals surface area contributed by atoms with Crippen LogP contribution in [0, 0.1) is 0 Å². The lowest BCUT2D eigenvalue weighted by atomic mass is 9.84. The average Bonchev–Trinajstić information content (AvgIpc) is 2.38. The molecule has 1 aliphatic heterocycles. The Morgan fingerprint density at radius 3 is 2.37 bits per heavy atom. The number of rotatable bonds is 2. The zero-order valence-electron chi connectivity index (χ0n) is 11.5. The number of carbonyl (C=O) groups excluding carboxylic acids is 1. The van der Waals surface area contributed by atoms with Crippen molar-refractivity contribution in [2.75, 3.05) is 11.0 Å². The molecule has 1 fully saturated rings. The molecule has 3 nitrogen and oxygen atoms in total. The lowest BCUT2D eigenvalue weighted by molar-refractivity contribution is -0.0750. The van der Waals surface area contributed by atoms with Gasteiger partial charge in [0.15, 0.2) is 5.60 Å². The maximum Gasteiger partial charge on any atom is 0.509 e. The molecule has 1 heterocycles. The van der Waals surface area contributed by atoms with E-state index in [4.69, 9.17) is 9.47 Å². The van der Waals surface area contributed by atoms with Crippen molar-refractivity contribution in [3.8, 4) is 0 Å². The predicted octanol–water partition coefficient (Wildman–Crippen LogP) is 4.17. The van der Waals surface area contributed by atoms with Gasteiger partial charge in [0, 0.05) is 10.8 Å². The molecule has 1 aromatic rings. The maximum absolute atomic E-state index is 11.4. The molecule has 0 bridgehead atoms. The number of cyclic esters (lactones) is 2. The van der Waals surface area contributed by atoms with Gasteiger partial charge in [-0.1, -0.05) is 67.6 Å². The van der Waals surface area contributed by atoms with E-state index in [2.05, 4.69) is 67.6 Å². The summed E-state index contributed by atoms with van der Waals surface area (Å²) in [5.74, 6) is 0. The predicted molar refractivity (Wildman–Crippen MR) is 82.8 cm³/mol. The molecular weight excluding hydrogens is 355 g/mol. The summed E-state index contributed by atoms with van der Waals surface area (Å²) in [5, 5.41) is 0. The van der Waals surface area contributed by atoms with E-state index in [1.807, 2.05) is 0 Å². The molecule has 1 atom stereocenters. The van der Waals surface area contributed by atoms with Crippen LogP contribution in [0.15, 0.2) is 24.3 Å². The Bertz CT molecular complexity index is 461. The van der Waals surface area contributed by atoms with Crippen molar-refractivity contribution < 1.29 is 14.3 Å². The molecule has 0 N–H and O–H groups in total. The first kappa shape index (κ1) is 14.6. The molecule has 0 amide bonds. The number of ether oxygens (including phenoxy) is 2. The lowest BCUT2D eigenvalue weighted by Gasteiger charge is -2.35. The summed E-state index contributed by atoms with van der Waals surface area (Å²) in [6.07, 6.45) is 0.138. The van der Waals surface area contributed by atoms with Gasteiger partial charge in [-0.2, -0.15) is 0 Å². The van der Waals surface area contributed by atoms with E-state index in [1.54, 1.807) is 0 Å². The van der Waals surface area contributed by atoms with Crippen LogP contribution in [0.1, 0.15) is 38.3 Å². The van der Waals surface area contributed by atoms with Crippen molar-refractivity contribution in [1.29, 1.82) is 0 Å². The largest absolute Gasteiger partial charge is 0.509 e. The molecule has 0 aliphatic carbocycles. The second-order valence-electron chi connectivity index (χ2n) is 5.91. The average molecular weight is 374 g/mol. The highest BCUT2D eigenvalue weighted by Gasteiger charge is 2.39.